The van der Waals surface area contributed by atoms with Crippen LogP contribution in [0.15, 0.2) is 47.5 Å². The van der Waals surface area contributed by atoms with Crippen molar-refractivity contribution in [2.45, 2.75) is 45.9 Å². The molecule has 2 fully saturated rings. The Hall–Kier alpha value is -3.35. The fourth-order valence-electron chi connectivity index (χ4n) is 4.88. The molecule has 3 amide bonds. The van der Waals surface area contributed by atoms with Crippen LogP contribution in [0.3, 0.4) is 0 Å². The summed E-state index contributed by atoms with van der Waals surface area (Å²) >= 11 is 0. The molecule has 2 aromatic carbocycles. The summed E-state index contributed by atoms with van der Waals surface area (Å²) in [5.41, 5.74) is 5.54. The number of hydrogen-bond acceptors (Lipinski definition) is 5. The van der Waals surface area contributed by atoms with Crippen LogP contribution in [0.5, 0.6) is 0 Å². The van der Waals surface area contributed by atoms with Crippen LogP contribution in [0.1, 0.15) is 29.2 Å². The Bertz CT molecular complexity index is 1110. The van der Waals surface area contributed by atoms with Gasteiger partial charge in [0.2, 0.25) is 5.96 Å². The SMILES string of the molecule is CCc1ccc(N2CCN3C2=NC2C3C(=O)N(Cc3cc(C)ccc3C)C(=O)N2C)cc1. The van der Waals surface area contributed by atoms with Gasteiger partial charge in [0.15, 0.2) is 12.2 Å². The number of guanidine groups is 1. The van der Waals surface area contributed by atoms with Crippen molar-refractivity contribution < 1.29 is 9.59 Å². The summed E-state index contributed by atoms with van der Waals surface area (Å²) in [5.74, 6) is 0.617. The van der Waals surface area contributed by atoms with Crippen LogP contribution in [-0.4, -0.2) is 64.9 Å². The number of aryl methyl sites for hydroxylation is 3. The van der Waals surface area contributed by atoms with Crippen LogP contribution in [0.4, 0.5) is 10.5 Å². The Balaban J connectivity index is 1.43. The second-order valence-corrected chi connectivity index (χ2v) is 8.90. The number of aliphatic imine (C=N–C) groups is 1. The first-order chi connectivity index (χ1) is 15.4. The molecule has 3 aliphatic heterocycles. The van der Waals surface area contributed by atoms with Gasteiger partial charge in [0.25, 0.3) is 5.91 Å². The molecular formula is C25H29N5O2. The van der Waals surface area contributed by atoms with Gasteiger partial charge in [-0.2, -0.15) is 0 Å². The van der Waals surface area contributed by atoms with Gasteiger partial charge >= 0.3 is 6.03 Å². The maximum absolute atomic E-state index is 13.6. The Morgan fingerprint density at radius 1 is 1.03 bits per heavy atom. The van der Waals surface area contributed by atoms with Crippen molar-refractivity contribution in [3.8, 4) is 0 Å². The molecule has 2 unspecified atom stereocenters. The normalized spacial score (nSPS) is 22.4. The van der Waals surface area contributed by atoms with Crippen molar-refractivity contribution in [1.82, 2.24) is 14.7 Å². The molecule has 0 spiro atoms. The molecular weight excluding hydrogens is 402 g/mol. The molecule has 0 bridgehead atoms. The molecule has 32 heavy (non-hydrogen) atoms. The maximum Gasteiger partial charge on any atom is 0.328 e. The molecule has 3 heterocycles. The lowest BCUT2D eigenvalue weighted by molar-refractivity contribution is -0.137. The fraction of sp³-hybridized carbons (Fsp3) is 0.400. The second kappa shape index (κ2) is 7.65. The molecule has 0 aromatic heterocycles. The molecule has 2 aromatic rings. The highest BCUT2D eigenvalue weighted by Crippen LogP contribution is 2.34. The van der Waals surface area contributed by atoms with Gasteiger partial charge in [-0.3, -0.25) is 9.69 Å². The smallest absolute Gasteiger partial charge is 0.325 e. The number of benzene rings is 2. The minimum absolute atomic E-state index is 0.166. The largest absolute Gasteiger partial charge is 0.328 e. The van der Waals surface area contributed by atoms with Crippen molar-refractivity contribution in [1.29, 1.82) is 0 Å². The average Bonchev–Trinajstić information content (AvgIpc) is 3.37. The van der Waals surface area contributed by atoms with Crippen LogP contribution < -0.4 is 4.90 Å². The zero-order valence-electron chi connectivity index (χ0n) is 19.1. The van der Waals surface area contributed by atoms with E-state index in [1.807, 2.05) is 26.0 Å². The van der Waals surface area contributed by atoms with Gasteiger partial charge in [0.1, 0.15) is 0 Å². The number of fused-ring (bicyclic) bond motifs is 3. The summed E-state index contributed by atoms with van der Waals surface area (Å²) < 4.78 is 0. The monoisotopic (exact) mass is 431 g/mol. The van der Waals surface area contributed by atoms with Crippen LogP contribution >= 0.6 is 0 Å². The first-order valence-corrected chi connectivity index (χ1v) is 11.2. The Morgan fingerprint density at radius 3 is 2.50 bits per heavy atom. The highest BCUT2D eigenvalue weighted by atomic mass is 16.2. The third-order valence-electron chi connectivity index (χ3n) is 6.87. The molecule has 0 N–H and O–H groups in total. The first-order valence-electron chi connectivity index (χ1n) is 11.2. The number of urea groups is 1. The zero-order chi connectivity index (χ0) is 22.6. The van der Waals surface area contributed by atoms with Crippen molar-refractivity contribution in [2.24, 2.45) is 4.99 Å². The van der Waals surface area contributed by atoms with Gasteiger partial charge in [-0.1, -0.05) is 42.8 Å². The highest BCUT2D eigenvalue weighted by molar-refractivity contribution is 6.08. The Kier molecular flexibility index (Phi) is 4.92. The lowest BCUT2D eigenvalue weighted by atomic mass is 10.0. The number of carbonyl (C=O) groups is 2. The van der Waals surface area contributed by atoms with E-state index in [1.165, 1.54) is 10.5 Å². The molecule has 2 atom stereocenters. The van der Waals surface area contributed by atoms with Gasteiger partial charge in [-0.05, 0) is 49.1 Å². The van der Waals surface area contributed by atoms with Gasteiger partial charge in [-0.25, -0.2) is 9.79 Å². The maximum atomic E-state index is 13.6. The third-order valence-corrected chi connectivity index (χ3v) is 6.87. The summed E-state index contributed by atoms with van der Waals surface area (Å²) in [7, 11) is 1.75. The number of carbonyl (C=O) groups excluding carboxylic acids is 2. The number of amides is 3. The van der Waals surface area contributed by atoms with Gasteiger partial charge < -0.3 is 14.7 Å². The number of likely N-dealkylation sites (N-methyl/N-ethyl adjacent to an activating group) is 1. The van der Waals surface area contributed by atoms with Crippen molar-refractivity contribution in [3.63, 3.8) is 0 Å². The van der Waals surface area contributed by atoms with E-state index >= 15 is 0 Å². The quantitative estimate of drug-likeness (QED) is 0.746. The summed E-state index contributed by atoms with van der Waals surface area (Å²) in [6, 6.07) is 13.8. The number of hydrogen-bond donors (Lipinski definition) is 0. The van der Waals surface area contributed by atoms with E-state index in [-0.39, 0.29) is 18.5 Å². The van der Waals surface area contributed by atoms with Crippen LogP contribution in [0.25, 0.3) is 0 Å². The molecule has 166 valence electrons. The van der Waals surface area contributed by atoms with E-state index in [2.05, 4.69) is 47.1 Å². The lowest BCUT2D eigenvalue weighted by Gasteiger charge is -2.40. The second-order valence-electron chi connectivity index (χ2n) is 8.90. The number of imide groups is 1. The van der Waals surface area contributed by atoms with Crippen LogP contribution in [0, 0.1) is 13.8 Å². The minimum Gasteiger partial charge on any atom is -0.325 e. The van der Waals surface area contributed by atoms with Gasteiger partial charge in [0, 0.05) is 25.8 Å². The highest BCUT2D eigenvalue weighted by Gasteiger charge is 2.54. The van der Waals surface area contributed by atoms with E-state index in [4.69, 9.17) is 4.99 Å². The van der Waals surface area contributed by atoms with Crippen LogP contribution in [-0.2, 0) is 17.8 Å². The van der Waals surface area contributed by atoms with Crippen molar-refractivity contribution in [3.05, 3.63) is 64.7 Å². The molecule has 2 saturated heterocycles. The van der Waals surface area contributed by atoms with E-state index in [1.54, 1.807) is 11.9 Å². The minimum atomic E-state index is -0.488. The lowest BCUT2D eigenvalue weighted by Crippen LogP contribution is -2.64. The molecule has 7 nitrogen and oxygen atoms in total. The Labute approximate surface area is 188 Å². The molecule has 0 aliphatic carbocycles. The van der Waals surface area contributed by atoms with Crippen molar-refractivity contribution >= 4 is 23.6 Å². The number of anilines is 1. The number of nitrogens with zero attached hydrogens (tertiary/aromatic N) is 5. The van der Waals surface area contributed by atoms with Crippen LogP contribution in [0.2, 0.25) is 0 Å². The third kappa shape index (κ3) is 3.15. The van der Waals surface area contributed by atoms with Gasteiger partial charge in [0.05, 0.1) is 6.54 Å². The number of rotatable bonds is 4. The molecule has 0 radical (unpaired) electrons. The first kappa shape index (κ1) is 20.5. The van der Waals surface area contributed by atoms with E-state index < -0.39 is 12.2 Å². The molecule has 3 aliphatic rings. The zero-order valence-corrected chi connectivity index (χ0v) is 19.1. The summed E-state index contributed by atoms with van der Waals surface area (Å²) in [6.45, 7) is 7.94. The standard InChI is InChI=1S/C25H29N5O2/c1-5-18-8-10-20(11-9-18)28-12-13-29-21-22(26-24(28)29)27(4)25(32)30(23(21)31)15-19-14-16(2)6-7-17(19)3/h6-11,14,21-22H,5,12-13,15H2,1-4H3. The van der Waals surface area contributed by atoms with Crippen molar-refractivity contribution in [2.75, 3.05) is 25.0 Å². The molecule has 5 rings (SSSR count). The average molecular weight is 432 g/mol. The Morgan fingerprint density at radius 2 is 1.78 bits per heavy atom. The summed E-state index contributed by atoms with van der Waals surface area (Å²) in [5, 5.41) is 0. The predicted molar refractivity (Wildman–Crippen MR) is 125 cm³/mol. The van der Waals surface area contributed by atoms with E-state index in [0.717, 1.165) is 41.3 Å². The molecule has 7 heteroatoms. The van der Waals surface area contributed by atoms with E-state index in [9.17, 15) is 9.59 Å². The molecule has 0 saturated carbocycles. The summed E-state index contributed by atoms with van der Waals surface area (Å²) in [4.78, 5) is 38.8. The van der Waals surface area contributed by atoms with Gasteiger partial charge in [-0.15, -0.1) is 0 Å². The summed E-state index contributed by atoms with van der Waals surface area (Å²) in [6.07, 6.45) is 0.507. The fourth-order valence-corrected chi connectivity index (χ4v) is 4.88. The predicted octanol–water partition coefficient (Wildman–Crippen LogP) is 3.15. The van der Waals surface area contributed by atoms with E-state index in [0.29, 0.717) is 6.54 Å². The topological polar surface area (TPSA) is 59.5 Å².